The molecule has 150 valence electrons. The standard InChI is InChI=1S/C24H33N3O/c1-3-21-11-8-12-22(4-2)24(21)25-23(28)13-14-26-15-17-27(18-16-26)19-20-9-6-5-7-10-20/h5-12H,3-4,13-19H2,1-2H3,(H,25,28). The van der Waals surface area contributed by atoms with Crippen molar-refractivity contribution in [2.24, 2.45) is 0 Å². The lowest BCUT2D eigenvalue weighted by Crippen LogP contribution is -2.46. The molecule has 1 fully saturated rings. The van der Waals surface area contributed by atoms with Gasteiger partial charge in [0.2, 0.25) is 5.91 Å². The highest BCUT2D eigenvalue weighted by atomic mass is 16.1. The van der Waals surface area contributed by atoms with Gasteiger partial charge < -0.3 is 10.2 Å². The van der Waals surface area contributed by atoms with Crippen LogP contribution < -0.4 is 5.32 Å². The molecule has 28 heavy (non-hydrogen) atoms. The second kappa shape index (κ2) is 10.4. The van der Waals surface area contributed by atoms with Crippen LogP contribution in [0.5, 0.6) is 0 Å². The Labute approximate surface area is 169 Å². The van der Waals surface area contributed by atoms with Crippen LogP contribution in [-0.2, 0) is 24.2 Å². The van der Waals surface area contributed by atoms with E-state index in [9.17, 15) is 4.79 Å². The van der Waals surface area contributed by atoms with Crippen LogP contribution in [-0.4, -0.2) is 48.4 Å². The largest absolute Gasteiger partial charge is 0.326 e. The third-order valence-electron chi connectivity index (χ3n) is 5.63. The van der Waals surface area contributed by atoms with E-state index in [-0.39, 0.29) is 5.91 Å². The second-order valence-electron chi connectivity index (χ2n) is 7.56. The van der Waals surface area contributed by atoms with Gasteiger partial charge in [-0.2, -0.15) is 0 Å². The van der Waals surface area contributed by atoms with Crippen molar-refractivity contribution in [2.75, 3.05) is 38.0 Å². The second-order valence-corrected chi connectivity index (χ2v) is 7.56. The molecule has 1 saturated heterocycles. The minimum Gasteiger partial charge on any atom is -0.326 e. The Bertz CT molecular complexity index is 729. The average molecular weight is 380 g/mol. The first-order valence-electron chi connectivity index (χ1n) is 10.6. The molecule has 2 aromatic carbocycles. The molecular formula is C24H33N3O. The fraction of sp³-hybridized carbons (Fsp3) is 0.458. The third-order valence-corrected chi connectivity index (χ3v) is 5.63. The molecule has 0 unspecified atom stereocenters. The van der Waals surface area contributed by atoms with Gasteiger partial charge in [0.15, 0.2) is 0 Å². The van der Waals surface area contributed by atoms with Crippen LogP contribution in [0.15, 0.2) is 48.5 Å². The van der Waals surface area contributed by atoms with Crippen LogP contribution in [0.4, 0.5) is 5.69 Å². The van der Waals surface area contributed by atoms with Crippen molar-refractivity contribution in [2.45, 2.75) is 39.7 Å². The lowest BCUT2D eigenvalue weighted by atomic mass is 10.0. The van der Waals surface area contributed by atoms with Gasteiger partial charge in [-0.1, -0.05) is 62.4 Å². The molecule has 1 N–H and O–H groups in total. The van der Waals surface area contributed by atoms with Crippen molar-refractivity contribution >= 4 is 11.6 Å². The number of nitrogens with one attached hydrogen (secondary N) is 1. The molecular weight excluding hydrogens is 346 g/mol. The minimum absolute atomic E-state index is 0.127. The summed E-state index contributed by atoms with van der Waals surface area (Å²) in [6, 6.07) is 17.0. The predicted octanol–water partition coefficient (Wildman–Crippen LogP) is 3.96. The maximum Gasteiger partial charge on any atom is 0.225 e. The Morgan fingerprint density at radius 1 is 0.857 bits per heavy atom. The van der Waals surface area contributed by atoms with Gasteiger partial charge in [0, 0.05) is 51.4 Å². The zero-order valence-electron chi connectivity index (χ0n) is 17.3. The number of piperazine rings is 1. The molecule has 4 heteroatoms. The SMILES string of the molecule is CCc1cccc(CC)c1NC(=O)CCN1CCN(Cc2ccccc2)CC1. The van der Waals surface area contributed by atoms with Gasteiger partial charge in [0.25, 0.3) is 0 Å². The lowest BCUT2D eigenvalue weighted by Gasteiger charge is -2.34. The molecule has 4 nitrogen and oxygen atoms in total. The highest BCUT2D eigenvalue weighted by Crippen LogP contribution is 2.22. The van der Waals surface area contributed by atoms with Crippen molar-refractivity contribution in [1.82, 2.24) is 9.80 Å². The summed E-state index contributed by atoms with van der Waals surface area (Å²) in [4.78, 5) is 17.5. The number of aryl methyl sites for hydroxylation is 2. The van der Waals surface area contributed by atoms with Crippen molar-refractivity contribution in [3.8, 4) is 0 Å². The van der Waals surface area contributed by atoms with Crippen LogP contribution in [0.2, 0.25) is 0 Å². The molecule has 0 radical (unpaired) electrons. The molecule has 0 aromatic heterocycles. The van der Waals surface area contributed by atoms with Gasteiger partial charge in [-0.3, -0.25) is 9.69 Å². The lowest BCUT2D eigenvalue weighted by molar-refractivity contribution is -0.116. The van der Waals surface area contributed by atoms with Crippen LogP contribution in [0.3, 0.4) is 0 Å². The summed E-state index contributed by atoms with van der Waals surface area (Å²) in [5.41, 5.74) is 4.85. The number of para-hydroxylation sites is 1. The summed E-state index contributed by atoms with van der Waals surface area (Å²) in [5.74, 6) is 0.127. The number of carbonyl (C=O) groups excluding carboxylic acids is 1. The molecule has 1 amide bonds. The number of amides is 1. The van der Waals surface area contributed by atoms with Crippen LogP contribution in [0.25, 0.3) is 0 Å². The van der Waals surface area contributed by atoms with E-state index >= 15 is 0 Å². The molecule has 2 aromatic rings. The smallest absolute Gasteiger partial charge is 0.225 e. The van der Waals surface area contributed by atoms with Gasteiger partial charge in [-0.15, -0.1) is 0 Å². The van der Waals surface area contributed by atoms with Crippen LogP contribution in [0, 0.1) is 0 Å². The Balaban J connectivity index is 1.44. The number of benzene rings is 2. The maximum atomic E-state index is 12.5. The van der Waals surface area contributed by atoms with E-state index in [0.29, 0.717) is 6.42 Å². The van der Waals surface area contributed by atoms with Gasteiger partial charge in [0.1, 0.15) is 0 Å². The molecule has 0 aliphatic carbocycles. The molecule has 1 aliphatic heterocycles. The van der Waals surface area contributed by atoms with E-state index in [1.54, 1.807) is 0 Å². The van der Waals surface area contributed by atoms with Crippen molar-refractivity contribution in [1.29, 1.82) is 0 Å². The first-order valence-corrected chi connectivity index (χ1v) is 10.6. The van der Waals surface area contributed by atoms with Crippen molar-refractivity contribution in [3.05, 3.63) is 65.2 Å². The van der Waals surface area contributed by atoms with E-state index < -0.39 is 0 Å². The highest BCUT2D eigenvalue weighted by Gasteiger charge is 2.18. The van der Waals surface area contributed by atoms with Crippen molar-refractivity contribution in [3.63, 3.8) is 0 Å². The summed E-state index contributed by atoms with van der Waals surface area (Å²) in [7, 11) is 0. The average Bonchev–Trinajstić information content (AvgIpc) is 2.74. The molecule has 0 saturated carbocycles. The summed E-state index contributed by atoms with van der Waals surface area (Å²) in [5, 5.41) is 3.19. The van der Waals surface area contributed by atoms with E-state index in [1.165, 1.54) is 16.7 Å². The van der Waals surface area contributed by atoms with Gasteiger partial charge in [-0.05, 0) is 29.5 Å². The van der Waals surface area contributed by atoms with Crippen molar-refractivity contribution < 1.29 is 4.79 Å². The molecule has 1 aliphatic rings. The monoisotopic (exact) mass is 379 g/mol. The maximum absolute atomic E-state index is 12.5. The number of carbonyl (C=O) groups is 1. The number of hydrogen-bond acceptors (Lipinski definition) is 3. The summed E-state index contributed by atoms with van der Waals surface area (Å²) >= 11 is 0. The van der Waals surface area contributed by atoms with Gasteiger partial charge >= 0.3 is 0 Å². The normalized spacial score (nSPS) is 15.5. The summed E-state index contributed by atoms with van der Waals surface area (Å²) in [6.45, 7) is 10.3. The Hall–Kier alpha value is -2.17. The fourth-order valence-corrected chi connectivity index (χ4v) is 3.88. The van der Waals surface area contributed by atoms with E-state index in [1.807, 2.05) is 0 Å². The zero-order valence-corrected chi connectivity index (χ0v) is 17.3. The number of anilines is 1. The van der Waals surface area contributed by atoms with Gasteiger partial charge in [-0.25, -0.2) is 0 Å². The highest BCUT2D eigenvalue weighted by molar-refractivity contribution is 5.92. The molecule has 0 spiro atoms. The Kier molecular flexibility index (Phi) is 7.63. The van der Waals surface area contributed by atoms with Gasteiger partial charge in [0.05, 0.1) is 0 Å². The number of nitrogens with zero attached hydrogens (tertiary/aromatic N) is 2. The summed E-state index contributed by atoms with van der Waals surface area (Å²) < 4.78 is 0. The molecule has 0 bridgehead atoms. The topological polar surface area (TPSA) is 35.6 Å². The zero-order chi connectivity index (χ0) is 19.8. The first kappa shape index (κ1) is 20.6. The number of rotatable bonds is 8. The molecule has 1 heterocycles. The van der Waals surface area contributed by atoms with E-state index in [2.05, 4.69) is 77.5 Å². The fourth-order valence-electron chi connectivity index (χ4n) is 3.88. The molecule has 0 atom stereocenters. The van der Waals surface area contributed by atoms with E-state index in [4.69, 9.17) is 0 Å². The number of hydrogen-bond donors (Lipinski definition) is 1. The third kappa shape index (κ3) is 5.66. The molecule has 3 rings (SSSR count). The first-order chi connectivity index (χ1) is 13.7. The van der Waals surface area contributed by atoms with Crippen LogP contribution >= 0.6 is 0 Å². The van der Waals surface area contributed by atoms with Crippen LogP contribution in [0.1, 0.15) is 37.0 Å². The minimum atomic E-state index is 0.127. The quantitative estimate of drug-likeness (QED) is 0.754. The predicted molar refractivity (Wildman–Crippen MR) is 117 cm³/mol. The van der Waals surface area contributed by atoms with E-state index in [0.717, 1.165) is 57.8 Å². The summed E-state index contributed by atoms with van der Waals surface area (Å²) in [6.07, 6.45) is 2.43. The Morgan fingerprint density at radius 3 is 2.07 bits per heavy atom. The Morgan fingerprint density at radius 2 is 1.46 bits per heavy atom.